The average Bonchev–Trinajstić information content (AvgIpc) is 2.26. The number of likely N-dealkylation sites (N-methyl/N-ethyl adjacent to an activating group) is 2. The molecule has 0 radical (unpaired) electrons. The number of hydrogen-bond acceptors (Lipinski definition) is 4. The molecule has 1 unspecified atom stereocenters. The number of imide groups is 1. The second-order valence-electron chi connectivity index (χ2n) is 4.36. The molecule has 19 heavy (non-hydrogen) atoms. The zero-order chi connectivity index (χ0) is 15.0. The molecule has 0 aromatic carbocycles. The van der Waals surface area contributed by atoms with Crippen molar-refractivity contribution < 1.29 is 19.5 Å². The lowest BCUT2D eigenvalue weighted by molar-refractivity contribution is -0.131. The van der Waals surface area contributed by atoms with Crippen LogP contribution in [0.25, 0.3) is 0 Å². The number of aliphatic carboxylic acids is 1. The van der Waals surface area contributed by atoms with Gasteiger partial charge in [0.1, 0.15) is 0 Å². The van der Waals surface area contributed by atoms with Gasteiger partial charge in [0.2, 0.25) is 0 Å². The SMILES string of the molecule is CCN(C(=O)NC(=O)/C=C/C(=O)O)C(C)CN(C)C. The highest BCUT2D eigenvalue weighted by molar-refractivity contribution is 6.02. The monoisotopic (exact) mass is 271 g/mol. The number of amides is 3. The first-order valence-corrected chi connectivity index (χ1v) is 5.95. The maximum Gasteiger partial charge on any atom is 0.328 e. The van der Waals surface area contributed by atoms with Gasteiger partial charge >= 0.3 is 12.0 Å². The second-order valence-corrected chi connectivity index (χ2v) is 4.36. The minimum Gasteiger partial charge on any atom is -0.478 e. The van der Waals surface area contributed by atoms with Gasteiger partial charge in [0, 0.05) is 31.3 Å². The number of nitrogens with zero attached hydrogens (tertiary/aromatic N) is 2. The second kappa shape index (κ2) is 8.25. The fourth-order valence-corrected chi connectivity index (χ4v) is 1.65. The van der Waals surface area contributed by atoms with Gasteiger partial charge in [-0.1, -0.05) is 0 Å². The van der Waals surface area contributed by atoms with Gasteiger partial charge in [-0.05, 0) is 27.9 Å². The molecular weight excluding hydrogens is 250 g/mol. The van der Waals surface area contributed by atoms with Crippen molar-refractivity contribution in [1.29, 1.82) is 0 Å². The third-order valence-corrected chi connectivity index (χ3v) is 2.37. The molecule has 0 aromatic heterocycles. The Bertz CT molecular complexity index is 366. The minimum absolute atomic E-state index is 0.0590. The normalized spacial score (nSPS) is 12.5. The summed E-state index contributed by atoms with van der Waals surface area (Å²) in [6.07, 6.45) is 1.49. The maximum absolute atomic E-state index is 11.8. The number of carboxylic acids is 1. The van der Waals surface area contributed by atoms with E-state index in [4.69, 9.17) is 5.11 Å². The topological polar surface area (TPSA) is 90.0 Å². The number of carboxylic acid groups (broad SMARTS) is 1. The maximum atomic E-state index is 11.8. The Balaban J connectivity index is 4.51. The third kappa shape index (κ3) is 7.20. The molecule has 3 amide bonds. The predicted octanol–water partition coefficient (Wildman–Crippen LogP) is 0.135. The van der Waals surface area contributed by atoms with E-state index in [-0.39, 0.29) is 6.04 Å². The smallest absolute Gasteiger partial charge is 0.328 e. The molecule has 7 nitrogen and oxygen atoms in total. The number of hydrogen-bond donors (Lipinski definition) is 2. The van der Waals surface area contributed by atoms with Crippen molar-refractivity contribution in [3.8, 4) is 0 Å². The molecule has 0 aromatic rings. The number of urea groups is 1. The standard InChI is InChI=1S/C12H21N3O4/c1-5-15(9(2)8-14(3)4)12(19)13-10(16)6-7-11(17)18/h6-7,9H,5,8H2,1-4H3,(H,17,18)(H,13,16,19)/b7-6+. The molecule has 0 saturated heterocycles. The molecule has 0 heterocycles. The molecular formula is C12H21N3O4. The van der Waals surface area contributed by atoms with Crippen molar-refractivity contribution in [2.75, 3.05) is 27.2 Å². The summed E-state index contributed by atoms with van der Waals surface area (Å²) < 4.78 is 0. The van der Waals surface area contributed by atoms with Crippen LogP contribution < -0.4 is 5.32 Å². The fourth-order valence-electron chi connectivity index (χ4n) is 1.65. The number of carbonyl (C=O) groups is 3. The summed E-state index contributed by atoms with van der Waals surface area (Å²) in [6, 6.07) is -0.590. The Morgan fingerprint density at radius 3 is 2.26 bits per heavy atom. The quantitative estimate of drug-likeness (QED) is 0.670. The highest BCUT2D eigenvalue weighted by atomic mass is 16.4. The molecule has 0 aliphatic carbocycles. The Morgan fingerprint density at radius 1 is 1.26 bits per heavy atom. The molecule has 0 rings (SSSR count). The van der Waals surface area contributed by atoms with E-state index >= 15 is 0 Å². The molecule has 0 bridgehead atoms. The van der Waals surface area contributed by atoms with Crippen molar-refractivity contribution >= 4 is 17.9 Å². The first kappa shape index (κ1) is 17.1. The lowest BCUT2D eigenvalue weighted by Gasteiger charge is -2.29. The summed E-state index contributed by atoms with van der Waals surface area (Å²) in [6.45, 7) is 4.81. The first-order chi connectivity index (χ1) is 8.77. The number of nitrogens with one attached hydrogen (secondary N) is 1. The number of rotatable bonds is 6. The van der Waals surface area contributed by atoms with E-state index in [1.807, 2.05) is 32.8 Å². The first-order valence-electron chi connectivity index (χ1n) is 5.95. The largest absolute Gasteiger partial charge is 0.478 e. The van der Waals surface area contributed by atoms with Crippen LogP contribution in [-0.4, -0.2) is 66.0 Å². The average molecular weight is 271 g/mol. The van der Waals surface area contributed by atoms with Crippen molar-refractivity contribution in [1.82, 2.24) is 15.1 Å². The van der Waals surface area contributed by atoms with Gasteiger partial charge in [-0.25, -0.2) is 9.59 Å². The summed E-state index contributed by atoms with van der Waals surface area (Å²) in [5.74, 6) is -1.99. The van der Waals surface area contributed by atoms with Crippen LogP contribution in [0.5, 0.6) is 0 Å². The zero-order valence-electron chi connectivity index (χ0n) is 11.7. The Kier molecular flexibility index (Phi) is 7.43. The fraction of sp³-hybridized carbons (Fsp3) is 0.583. The van der Waals surface area contributed by atoms with Crippen LogP contribution in [0.15, 0.2) is 12.2 Å². The summed E-state index contributed by atoms with van der Waals surface area (Å²) in [4.78, 5) is 36.8. The van der Waals surface area contributed by atoms with Crippen LogP contribution >= 0.6 is 0 Å². The summed E-state index contributed by atoms with van der Waals surface area (Å²) in [5, 5.41) is 10.5. The molecule has 108 valence electrons. The van der Waals surface area contributed by atoms with Gasteiger partial charge in [-0.3, -0.25) is 10.1 Å². The van der Waals surface area contributed by atoms with Crippen LogP contribution in [0.2, 0.25) is 0 Å². The van der Waals surface area contributed by atoms with E-state index in [0.29, 0.717) is 19.2 Å². The molecule has 0 spiro atoms. The van der Waals surface area contributed by atoms with Crippen LogP contribution in [0, 0.1) is 0 Å². The number of carbonyl (C=O) groups excluding carboxylic acids is 2. The van der Waals surface area contributed by atoms with Crippen LogP contribution in [0.1, 0.15) is 13.8 Å². The van der Waals surface area contributed by atoms with Gasteiger partial charge in [0.05, 0.1) is 0 Å². The van der Waals surface area contributed by atoms with Gasteiger partial charge in [0.25, 0.3) is 5.91 Å². The van der Waals surface area contributed by atoms with Crippen LogP contribution in [0.3, 0.4) is 0 Å². The molecule has 1 atom stereocenters. The highest BCUT2D eigenvalue weighted by Gasteiger charge is 2.19. The lowest BCUT2D eigenvalue weighted by atomic mass is 10.3. The molecule has 0 fully saturated rings. The summed E-state index contributed by atoms with van der Waals surface area (Å²) in [5.41, 5.74) is 0. The van der Waals surface area contributed by atoms with Gasteiger partial charge in [-0.15, -0.1) is 0 Å². The van der Waals surface area contributed by atoms with Crippen molar-refractivity contribution in [3.63, 3.8) is 0 Å². The van der Waals surface area contributed by atoms with E-state index < -0.39 is 17.9 Å². The van der Waals surface area contributed by atoms with Crippen molar-refractivity contribution in [2.24, 2.45) is 0 Å². The zero-order valence-corrected chi connectivity index (χ0v) is 11.7. The third-order valence-electron chi connectivity index (χ3n) is 2.37. The Hall–Kier alpha value is -1.89. The highest BCUT2D eigenvalue weighted by Crippen LogP contribution is 2.00. The van der Waals surface area contributed by atoms with E-state index in [0.717, 1.165) is 6.08 Å². The molecule has 0 aliphatic rings. The van der Waals surface area contributed by atoms with Crippen LogP contribution in [-0.2, 0) is 9.59 Å². The van der Waals surface area contributed by atoms with Gasteiger partial charge in [0.15, 0.2) is 0 Å². The van der Waals surface area contributed by atoms with Gasteiger partial charge in [-0.2, -0.15) is 0 Å². The van der Waals surface area contributed by atoms with Crippen molar-refractivity contribution in [2.45, 2.75) is 19.9 Å². The molecule has 7 heteroatoms. The van der Waals surface area contributed by atoms with E-state index in [1.165, 1.54) is 4.90 Å². The predicted molar refractivity (Wildman–Crippen MR) is 70.7 cm³/mol. The Morgan fingerprint density at radius 2 is 1.84 bits per heavy atom. The van der Waals surface area contributed by atoms with E-state index in [9.17, 15) is 14.4 Å². The van der Waals surface area contributed by atoms with E-state index in [2.05, 4.69) is 5.32 Å². The van der Waals surface area contributed by atoms with Crippen LogP contribution in [0.4, 0.5) is 4.79 Å². The summed E-state index contributed by atoms with van der Waals surface area (Å²) >= 11 is 0. The molecule has 2 N–H and O–H groups in total. The van der Waals surface area contributed by atoms with E-state index in [1.54, 1.807) is 0 Å². The Labute approximate surface area is 112 Å². The minimum atomic E-state index is -1.24. The van der Waals surface area contributed by atoms with Crippen molar-refractivity contribution in [3.05, 3.63) is 12.2 Å². The molecule has 0 saturated carbocycles. The van der Waals surface area contributed by atoms with Gasteiger partial charge < -0.3 is 14.9 Å². The lowest BCUT2D eigenvalue weighted by Crippen LogP contribution is -2.49. The molecule has 0 aliphatic heterocycles. The summed E-state index contributed by atoms with van der Waals surface area (Å²) in [7, 11) is 3.78.